The van der Waals surface area contributed by atoms with Crippen molar-refractivity contribution in [2.45, 2.75) is 6.42 Å². The third-order valence-electron chi connectivity index (χ3n) is 0.892. The number of hydrogen-bond acceptors (Lipinski definition) is 4. The topological polar surface area (TPSA) is 24.1 Å². The van der Waals surface area contributed by atoms with Gasteiger partial charge in [-0.25, -0.2) is 0 Å². The molecule has 0 aliphatic rings. The Balaban J connectivity index is 0. The Kier molecular flexibility index (Phi) is 12.4. The second kappa shape index (κ2) is 9.80. The van der Waals surface area contributed by atoms with Crippen molar-refractivity contribution in [3.8, 4) is 0 Å². The van der Waals surface area contributed by atoms with Gasteiger partial charge in [0.2, 0.25) is 0 Å². The van der Waals surface area contributed by atoms with E-state index in [1.54, 1.807) is 0 Å². The average molecular weight is 283 g/mol. The molecule has 12 heavy (non-hydrogen) atoms. The molecule has 0 aliphatic carbocycles. The van der Waals surface area contributed by atoms with Crippen molar-refractivity contribution in [3.05, 3.63) is 0 Å². The zero-order chi connectivity index (χ0) is 8.69. The van der Waals surface area contributed by atoms with Crippen molar-refractivity contribution < 1.29 is 16.5 Å². The molecule has 7 heteroatoms. The van der Waals surface area contributed by atoms with E-state index in [0.717, 1.165) is 19.5 Å². The fraction of sp³-hybridized carbons (Fsp3) is 0.600. The van der Waals surface area contributed by atoms with E-state index in [0.29, 0.717) is 8.64 Å². The van der Waals surface area contributed by atoms with Crippen LogP contribution in [0.3, 0.4) is 0 Å². The van der Waals surface area contributed by atoms with Gasteiger partial charge in [0.1, 0.15) is 0 Å². The molecule has 0 aromatic carbocycles. The molecule has 0 aromatic rings. The van der Waals surface area contributed by atoms with E-state index in [9.17, 15) is 0 Å². The van der Waals surface area contributed by atoms with Gasteiger partial charge in [-0.2, -0.15) is 0 Å². The smallest absolute Gasteiger partial charge is 0.412 e. The Morgan fingerprint density at radius 3 is 1.58 bits per heavy atom. The largest absolute Gasteiger partial charge is 2.00 e. The van der Waals surface area contributed by atoms with E-state index in [4.69, 9.17) is 0 Å². The van der Waals surface area contributed by atoms with Gasteiger partial charge in [-0.15, -0.1) is 0 Å². The maximum absolute atomic E-state index is 4.63. The molecule has 0 rings (SSSR count). The maximum atomic E-state index is 4.63. The summed E-state index contributed by atoms with van der Waals surface area (Å²) in [6.07, 6.45) is 0.910. The number of rotatable bonds is 4. The van der Waals surface area contributed by atoms with Crippen LogP contribution < -0.4 is 10.6 Å². The second-order valence-corrected chi connectivity index (χ2v) is 3.93. The Bertz CT molecular complexity index is 136. The third kappa shape index (κ3) is 13.3. The molecule has 0 bridgehead atoms. The number of hydrogen-bond donors (Lipinski definition) is 2. The van der Waals surface area contributed by atoms with E-state index < -0.39 is 0 Å². The summed E-state index contributed by atoms with van der Waals surface area (Å²) >= 11 is 18.5. The van der Waals surface area contributed by atoms with Gasteiger partial charge in [0, 0.05) is 13.1 Å². The van der Waals surface area contributed by atoms with E-state index >= 15 is 0 Å². The molecule has 0 atom stereocenters. The van der Waals surface area contributed by atoms with Crippen LogP contribution in [0.25, 0.3) is 0 Å². The van der Waals surface area contributed by atoms with Crippen LogP contribution in [-0.2, 0) is 41.7 Å². The standard InChI is InChI=1S/C5H10N2S4.Ni/c8-4(9)6-2-1-3-7-5(10)11;/h1-3H2,(H2,6,8,9)(H2,7,10,11);/q;+2/p-2. The van der Waals surface area contributed by atoms with Crippen molar-refractivity contribution in [1.29, 1.82) is 0 Å². The Hall–Kier alpha value is 0.714. The first kappa shape index (κ1) is 15.2. The van der Waals surface area contributed by atoms with E-state index in [1.165, 1.54) is 0 Å². The first-order valence-corrected chi connectivity index (χ1v) is 4.66. The minimum Gasteiger partial charge on any atom is -0.412 e. The van der Waals surface area contributed by atoms with Crippen LogP contribution in [0.4, 0.5) is 0 Å². The summed E-state index contributed by atoms with van der Waals surface area (Å²) in [5, 5.41) is 5.70. The van der Waals surface area contributed by atoms with Gasteiger partial charge in [0.25, 0.3) is 0 Å². The maximum Gasteiger partial charge on any atom is 2.00 e. The molecule has 0 spiro atoms. The summed E-state index contributed by atoms with van der Waals surface area (Å²) in [6.45, 7) is 1.54. The molecule has 2 N–H and O–H groups in total. The summed E-state index contributed by atoms with van der Waals surface area (Å²) in [4.78, 5) is 0. The molecule has 0 aliphatic heterocycles. The normalized spacial score (nSPS) is 8.00. The Morgan fingerprint density at radius 1 is 1.00 bits per heavy atom. The minimum atomic E-state index is 0. The number of nitrogens with one attached hydrogen (secondary N) is 2. The molecule has 0 radical (unpaired) electrons. The summed E-state index contributed by atoms with van der Waals surface area (Å²) in [6, 6.07) is 0. The third-order valence-corrected chi connectivity index (χ3v) is 1.47. The van der Waals surface area contributed by atoms with Crippen molar-refractivity contribution >= 4 is 58.3 Å². The molecule has 0 unspecified atom stereocenters. The molecule has 0 saturated heterocycles. The van der Waals surface area contributed by atoms with E-state index in [-0.39, 0.29) is 16.5 Å². The molecular formula is C5H8N2NiS4. The second-order valence-electron chi connectivity index (χ2n) is 1.78. The van der Waals surface area contributed by atoms with Gasteiger partial charge in [-0.3, -0.25) is 0 Å². The summed E-state index contributed by atoms with van der Waals surface area (Å²) in [7, 11) is 0. The fourth-order valence-electron chi connectivity index (χ4n) is 0.469. The minimum absolute atomic E-state index is 0. The molecular weight excluding hydrogens is 275 g/mol. The Morgan fingerprint density at radius 2 is 1.33 bits per heavy atom. The van der Waals surface area contributed by atoms with Crippen LogP contribution in [0, 0.1) is 0 Å². The molecule has 0 saturated carbocycles. The predicted octanol–water partition coefficient (Wildman–Crippen LogP) is 0.217. The molecule has 72 valence electrons. The fourth-order valence-corrected chi connectivity index (χ4v) is 0.878. The Labute approximate surface area is 104 Å². The molecule has 0 fully saturated rings. The van der Waals surface area contributed by atoms with Gasteiger partial charge in [-0.1, -0.05) is 8.64 Å². The van der Waals surface area contributed by atoms with E-state index in [1.807, 2.05) is 0 Å². The van der Waals surface area contributed by atoms with Crippen LogP contribution in [0.2, 0.25) is 0 Å². The molecule has 0 aromatic heterocycles. The van der Waals surface area contributed by atoms with Gasteiger partial charge < -0.3 is 60.3 Å². The summed E-state index contributed by atoms with van der Waals surface area (Å²) < 4.78 is 0.817. The summed E-state index contributed by atoms with van der Waals surface area (Å²) in [5.74, 6) is 0. The number of thiocarbonyl (C=S) groups is 2. The summed E-state index contributed by atoms with van der Waals surface area (Å²) in [5.41, 5.74) is 0. The molecule has 0 amide bonds. The average Bonchev–Trinajstić information content (AvgIpc) is 1.85. The van der Waals surface area contributed by atoms with Crippen molar-refractivity contribution in [1.82, 2.24) is 10.6 Å². The van der Waals surface area contributed by atoms with Crippen LogP contribution in [0.5, 0.6) is 0 Å². The zero-order valence-corrected chi connectivity index (χ0v) is 10.3. The van der Waals surface area contributed by atoms with Crippen molar-refractivity contribution in [3.63, 3.8) is 0 Å². The van der Waals surface area contributed by atoms with Gasteiger partial charge in [0.05, 0.1) is 0 Å². The molecule has 0 heterocycles. The van der Waals surface area contributed by atoms with E-state index in [2.05, 4.69) is 60.3 Å². The van der Waals surface area contributed by atoms with Gasteiger partial charge in [0.15, 0.2) is 0 Å². The first-order chi connectivity index (χ1) is 5.13. The van der Waals surface area contributed by atoms with Crippen LogP contribution in [0.15, 0.2) is 0 Å². The van der Waals surface area contributed by atoms with Gasteiger partial charge >= 0.3 is 16.5 Å². The quantitative estimate of drug-likeness (QED) is 0.331. The van der Waals surface area contributed by atoms with Crippen LogP contribution in [0.1, 0.15) is 6.42 Å². The van der Waals surface area contributed by atoms with Crippen molar-refractivity contribution in [2.75, 3.05) is 13.1 Å². The SMILES string of the molecule is S=C([S-])NCCCNC(=S)[S-].[Ni+2]. The molecule has 2 nitrogen and oxygen atoms in total. The van der Waals surface area contributed by atoms with Crippen LogP contribution >= 0.6 is 24.4 Å². The zero-order valence-electron chi connectivity index (χ0n) is 6.07. The van der Waals surface area contributed by atoms with Crippen LogP contribution in [-0.4, -0.2) is 21.7 Å². The van der Waals surface area contributed by atoms with Crippen molar-refractivity contribution in [2.24, 2.45) is 0 Å². The first-order valence-electron chi connectivity index (χ1n) is 3.02. The van der Waals surface area contributed by atoms with Gasteiger partial charge in [-0.05, 0) is 6.42 Å². The predicted molar refractivity (Wildman–Crippen MR) is 60.5 cm³/mol. The monoisotopic (exact) mass is 282 g/mol.